The van der Waals surface area contributed by atoms with Crippen molar-refractivity contribution >= 4 is 18.6 Å². The van der Waals surface area contributed by atoms with E-state index in [1.54, 1.807) is 0 Å². The lowest BCUT2D eigenvalue weighted by Crippen LogP contribution is -1.98. The number of benzene rings is 1. The molecule has 1 aromatic carbocycles. The summed E-state index contributed by atoms with van der Waals surface area (Å²) in [4.78, 5) is 10.7. The van der Waals surface area contributed by atoms with Gasteiger partial charge in [-0.25, -0.2) is 4.79 Å². The molecule has 0 amide bonds. The van der Waals surface area contributed by atoms with Crippen molar-refractivity contribution in [1.29, 1.82) is 5.26 Å². The average molecular weight is 179 g/mol. The topological polar surface area (TPSA) is 61.1 Å². The van der Waals surface area contributed by atoms with Gasteiger partial charge in [-0.1, -0.05) is 6.07 Å². The maximum atomic E-state index is 10.5. The molecule has 1 rings (SSSR count). The van der Waals surface area contributed by atoms with Crippen molar-refractivity contribution in [2.24, 2.45) is 0 Å². The van der Waals surface area contributed by atoms with Crippen LogP contribution in [-0.4, -0.2) is 11.1 Å². The summed E-state index contributed by atoms with van der Waals surface area (Å²) in [5.41, 5.74) is 0.329. The predicted octanol–water partition coefficient (Wildman–Crippen LogP) is 1.55. The van der Waals surface area contributed by atoms with Crippen molar-refractivity contribution < 1.29 is 9.90 Å². The number of carboxylic acid groups (broad SMARTS) is 1. The molecule has 0 atom stereocenters. The highest BCUT2D eigenvalue weighted by atomic mass is 32.1. The fourth-order valence-corrected chi connectivity index (χ4v) is 1.10. The fraction of sp³-hybridized carbons (Fsp3) is 0. The van der Waals surface area contributed by atoms with Crippen LogP contribution in [0.3, 0.4) is 0 Å². The number of aromatic carboxylic acids is 1. The molecule has 1 aromatic rings. The Morgan fingerprint density at radius 3 is 2.75 bits per heavy atom. The molecule has 60 valence electrons. The van der Waals surface area contributed by atoms with Crippen LogP contribution >= 0.6 is 12.6 Å². The Morgan fingerprint density at radius 1 is 1.58 bits per heavy atom. The van der Waals surface area contributed by atoms with Gasteiger partial charge in [-0.05, 0) is 12.1 Å². The number of hydrogen-bond donors (Lipinski definition) is 2. The first kappa shape index (κ1) is 8.62. The van der Waals surface area contributed by atoms with Gasteiger partial charge in [0.2, 0.25) is 0 Å². The van der Waals surface area contributed by atoms with Gasteiger partial charge in [0.05, 0.1) is 11.1 Å². The summed E-state index contributed by atoms with van der Waals surface area (Å²) >= 11 is 3.93. The highest BCUT2D eigenvalue weighted by Crippen LogP contribution is 2.17. The van der Waals surface area contributed by atoms with Crippen LogP contribution < -0.4 is 0 Å². The smallest absolute Gasteiger partial charge is 0.336 e. The van der Waals surface area contributed by atoms with E-state index in [1.165, 1.54) is 18.2 Å². The number of carboxylic acids is 1. The molecule has 0 aliphatic rings. The van der Waals surface area contributed by atoms with Gasteiger partial charge in [0.25, 0.3) is 0 Å². The Hall–Kier alpha value is -1.47. The Kier molecular flexibility index (Phi) is 2.36. The van der Waals surface area contributed by atoms with E-state index < -0.39 is 5.97 Å². The molecule has 0 spiro atoms. The zero-order valence-electron chi connectivity index (χ0n) is 5.98. The fourth-order valence-electron chi connectivity index (χ4n) is 0.806. The number of carbonyl (C=O) groups is 1. The number of nitriles is 1. The molecule has 0 fully saturated rings. The van der Waals surface area contributed by atoms with Crippen molar-refractivity contribution in [3.8, 4) is 6.07 Å². The summed E-state index contributed by atoms with van der Waals surface area (Å²) in [5.74, 6) is -1.07. The zero-order chi connectivity index (χ0) is 9.14. The average Bonchev–Trinajstić information content (AvgIpc) is 2.04. The third-order valence-electron chi connectivity index (χ3n) is 1.39. The molecule has 0 saturated heterocycles. The molecule has 0 aliphatic heterocycles. The van der Waals surface area contributed by atoms with Crippen molar-refractivity contribution in [3.05, 3.63) is 29.3 Å². The molecule has 0 bridgehead atoms. The first-order chi connectivity index (χ1) is 5.66. The van der Waals surface area contributed by atoms with Crippen molar-refractivity contribution in [2.45, 2.75) is 4.90 Å². The normalized spacial score (nSPS) is 9.00. The van der Waals surface area contributed by atoms with Crippen molar-refractivity contribution in [3.63, 3.8) is 0 Å². The van der Waals surface area contributed by atoms with E-state index in [9.17, 15) is 4.79 Å². The third-order valence-corrected chi connectivity index (χ3v) is 1.87. The van der Waals surface area contributed by atoms with Gasteiger partial charge >= 0.3 is 5.97 Å². The zero-order valence-corrected chi connectivity index (χ0v) is 6.88. The second-order valence-electron chi connectivity index (χ2n) is 2.12. The predicted molar refractivity (Wildman–Crippen MR) is 45.4 cm³/mol. The summed E-state index contributed by atoms with van der Waals surface area (Å²) in [6.07, 6.45) is 0. The second-order valence-corrected chi connectivity index (χ2v) is 2.57. The Labute approximate surface area is 74.7 Å². The van der Waals surface area contributed by atoms with Gasteiger partial charge in [-0.2, -0.15) is 5.26 Å². The lowest BCUT2D eigenvalue weighted by molar-refractivity contribution is 0.0693. The third kappa shape index (κ3) is 1.41. The van der Waals surface area contributed by atoms with Crippen LogP contribution in [0.2, 0.25) is 0 Å². The molecule has 0 heterocycles. The molecular weight excluding hydrogens is 174 g/mol. The van der Waals surface area contributed by atoms with Gasteiger partial charge < -0.3 is 5.11 Å². The quantitative estimate of drug-likeness (QED) is 0.643. The second kappa shape index (κ2) is 3.28. The van der Waals surface area contributed by atoms with E-state index in [-0.39, 0.29) is 16.0 Å². The molecule has 4 heteroatoms. The van der Waals surface area contributed by atoms with Gasteiger partial charge in [0.15, 0.2) is 0 Å². The molecule has 0 unspecified atom stereocenters. The minimum atomic E-state index is -1.07. The van der Waals surface area contributed by atoms with Crippen LogP contribution in [0.15, 0.2) is 23.1 Å². The van der Waals surface area contributed by atoms with E-state index in [0.717, 1.165) is 0 Å². The van der Waals surface area contributed by atoms with Crippen LogP contribution in [-0.2, 0) is 0 Å². The summed E-state index contributed by atoms with van der Waals surface area (Å²) < 4.78 is 0. The van der Waals surface area contributed by atoms with E-state index >= 15 is 0 Å². The molecule has 1 N–H and O–H groups in total. The Morgan fingerprint density at radius 2 is 2.25 bits per heavy atom. The first-order valence-electron chi connectivity index (χ1n) is 3.12. The maximum Gasteiger partial charge on any atom is 0.336 e. The maximum absolute atomic E-state index is 10.5. The molecule has 3 nitrogen and oxygen atoms in total. The molecular formula is C8H5NO2S. The first-order valence-corrected chi connectivity index (χ1v) is 3.57. The highest BCUT2D eigenvalue weighted by molar-refractivity contribution is 7.80. The van der Waals surface area contributed by atoms with Crippen LogP contribution in [0.1, 0.15) is 15.9 Å². The minimum absolute atomic E-state index is 0.0531. The standard InChI is InChI=1S/C8H5NO2S/c9-4-5-2-1-3-6(7(5)12)8(10)11/h1-3,12H,(H,10,11). The van der Waals surface area contributed by atoms with Crippen molar-refractivity contribution in [2.75, 3.05) is 0 Å². The van der Waals surface area contributed by atoms with E-state index in [0.29, 0.717) is 0 Å². The summed E-state index contributed by atoms with van der Waals surface area (Å²) in [6.45, 7) is 0. The molecule has 12 heavy (non-hydrogen) atoms. The Bertz CT molecular complexity index is 368. The summed E-state index contributed by atoms with van der Waals surface area (Å²) in [6, 6.07) is 6.30. The van der Waals surface area contributed by atoms with Crippen LogP contribution in [0.5, 0.6) is 0 Å². The summed E-state index contributed by atoms with van der Waals surface area (Å²) in [5, 5.41) is 17.2. The molecule has 0 aromatic heterocycles. The Balaban J connectivity index is 3.35. The number of thiol groups is 1. The number of rotatable bonds is 1. The highest BCUT2D eigenvalue weighted by Gasteiger charge is 2.09. The van der Waals surface area contributed by atoms with Crippen LogP contribution in [0, 0.1) is 11.3 Å². The molecule has 0 saturated carbocycles. The summed E-state index contributed by atoms with van der Waals surface area (Å²) in [7, 11) is 0. The molecule has 0 radical (unpaired) electrons. The van der Waals surface area contributed by atoms with E-state index in [4.69, 9.17) is 10.4 Å². The largest absolute Gasteiger partial charge is 0.478 e. The number of nitrogens with zero attached hydrogens (tertiary/aromatic N) is 1. The number of hydrogen-bond acceptors (Lipinski definition) is 3. The monoisotopic (exact) mass is 179 g/mol. The SMILES string of the molecule is N#Cc1cccc(C(=O)O)c1S. The minimum Gasteiger partial charge on any atom is -0.478 e. The van der Waals surface area contributed by atoms with Gasteiger partial charge in [0, 0.05) is 4.90 Å². The van der Waals surface area contributed by atoms with Gasteiger partial charge in [-0.15, -0.1) is 12.6 Å². The van der Waals surface area contributed by atoms with Crippen LogP contribution in [0.25, 0.3) is 0 Å². The van der Waals surface area contributed by atoms with Crippen LogP contribution in [0.4, 0.5) is 0 Å². The lowest BCUT2D eigenvalue weighted by Gasteiger charge is -1.99. The molecule has 0 aliphatic carbocycles. The van der Waals surface area contributed by atoms with E-state index in [2.05, 4.69) is 12.6 Å². The van der Waals surface area contributed by atoms with Gasteiger partial charge in [-0.3, -0.25) is 0 Å². The lowest BCUT2D eigenvalue weighted by atomic mass is 10.1. The van der Waals surface area contributed by atoms with E-state index in [1.807, 2.05) is 6.07 Å². The van der Waals surface area contributed by atoms with Crippen molar-refractivity contribution in [1.82, 2.24) is 0 Å². The van der Waals surface area contributed by atoms with Gasteiger partial charge in [0.1, 0.15) is 6.07 Å².